The monoisotopic (exact) mass is 493 g/mol. The number of fused-ring (bicyclic) bond motifs is 4. The Bertz CT molecular complexity index is 1960. The number of aromatic nitrogens is 3. The second-order valence-electron chi connectivity index (χ2n) is 10.0. The predicted molar refractivity (Wildman–Crippen MR) is 155 cm³/mol. The SMILES string of the molecule is Cc1cccc(C)c1-c1ccc2c(n1)oc1c(-c3nc4ccccc4n3Cc3ccccc3)ccc(C)c12. The summed E-state index contributed by atoms with van der Waals surface area (Å²) in [7, 11) is 0. The molecule has 38 heavy (non-hydrogen) atoms. The summed E-state index contributed by atoms with van der Waals surface area (Å²) >= 11 is 0. The second-order valence-corrected chi connectivity index (χ2v) is 10.0. The van der Waals surface area contributed by atoms with Crippen LogP contribution in [0.4, 0.5) is 0 Å². The smallest absolute Gasteiger partial charge is 0.227 e. The molecular formula is C34H27N3O. The number of hydrogen-bond acceptors (Lipinski definition) is 3. The highest BCUT2D eigenvalue weighted by Gasteiger charge is 2.21. The van der Waals surface area contributed by atoms with Gasteiger partial charge in [-0.25, -0.2) is 9.97 Å². The van der Waals surface area contributed by atoms with Crippen LogP contribution in [0, 0.1) is 20.8 Å². The predicted octanol–water partition coefficient (Wildman–Crippen LogP) is 8.64. The van der Waals surface area contributed by atoms with Crippen molar-refractivity contribution in [2.75, 3.05) is 0 Å². The largest absolute Gasteiger partial charge is 0.437 e. The van der Waals surface area contributed by atoms with Crippen LogP contribution < -0.4 is 0 Å². The van der Waals surface area contributed by atoms with Crippen LogP contribution in [0.2, 0.25) is 0 Å². The minimum atomic E-state index is 0.654. The van der Waals surface area contributed by atoms with E-state index in [1.54, 1.807) is 0 Å². The molecule has 0 saturated heterocycles. The molecule has 4 heteroatoms. The van der Waals surface area contributed by atoms with Crippen LogP contribution in [0.3, 0.4) is 0 Å². The van der Waals surface area contributed by atoms with Crippen molar-refractivity contribution in [1.82, 2.24) is 14.5 Å². The van der Waals surface area contributed by atoms with E-state index < -0.39 is 0 Å². The third-order valence-corrected chi connectivity index (χ3v) is 7.51. The van der Waals surface area contributed by atoms with Gasteiger partial charge >= 0.3 is 0 Å². The molecule has 4 aromatic carbocycles. The van der Waals surface area contributed by atoms with E-state index in [4.69, 9.17) is 14.4 Å². The Morgan fingerprint density at radius 1 is 0.684 bits per heavy atom. The summed E-state index contributed by atoms with van der Waals surface area (Å²) < 4.78 is 8.89. The lowest BCUT2D eigenvalue weighted by atomic mass is 9.99. The molecule has 0 amide bonds. The van der Waals surface area contributed by atoms with Gasteiger partial charge < -0.3 is 8.98 Å². The summed E-state index contributed by atoms with van der Waals surface area (Å²) in [5.41, 5.74) is 11.4. The van der Waals surface area contributed by atoms with Crippen LogP contribution in [-0.4, -0.2) is 14.5 Å². The zero-order chi connectivity index (χ0) is 25.8. The van der Waals surface area contributed by atoms with Gasteiger partial charge in [-0.3, -0.25) is 0 Å². The molecule has 0 N–H and O–H groups in total. The van der Waals surface area contributed by atoms with Gasteiger partial charge in [-0.2, -0.15) is 0 Å². The van der Waals surface area contributed by atoms with E-state index in [9.17, 15) is 0 Å². The Kier molecular flexibility index (Phi) is 5.15. The Balaban J connectivity index is 1.47. The molecule has 0 aliphatic heterocycles. The first-order valence-electron chi connectivity index (χ1n) is 13.0. The molecule has 4 nitrogen and oxygen atoms in total. The summed E-state index contributed by atoms with van der Waals surface area (Å²) in [6.07, 6.45) is 0. The fourth-order valence-electron chi connectivity index (χ4n) is 5.67. The molecule has 3 aromatic heterocycles. The molecule has 0 bridgehead atoms. The number of aryl methyl sites for hydroxylation is 3. The van der Waals surface area contributed by atoms with Crippen LogP contribution in [0.5, 0.6) is 0 Å². The van der Waals surface area contributed by atoms with Gasteiger partial charge in [0, 0.05) is 22.9 Å². The number of furan rings is 1. The number of imidazole rings is 1. The first kappa shape index (κ1) is 22.5. The van der Waals surface area contributed by atoms with Crippen LogP contribution in [-0.2, 0) is 6.54 Å². The first-order chi connectivity index (χ1) is 18.6. The third-order valence-electron chi connectivity index (χ3n) is 7.51. The highest BCUT2D eigenvalue weighted by atomic mass is 16.3. The van der Waals surface area contributed by atoms with Crippen LogP contribution >= 0.6 is 0 Å². The molecule has 0 spiro atoms. The molecule has 7 aromatic rings. The Hall–Kier alpha value is -4.70. The van der Waals surface area contributed by atoms with Gasteiger partial charge in [0.1, 0.15) is 11.4 Å². The molecule has 184 valence electrons. The van der Waals surface area contributed by atoms with Crippen molar-refractivity contribution >= 4 is 33.1 Å². The van der Waals surface area contributed by atoms with Gasteiger partial charge in [0.15, 0.2) is 0 Å². The topological polar surface area (TPSA) is 43.9 Å². The van der Waals surface area contributed by atoms with Crippen molar-refractivity contribution in [2.45, 2.75) is 27.3 Å². The lowest BCUT2D eigenvalue weighted by Crippen LogP contribution is -2.02. The maximum absolute atomic E-state index is 6.60. The fourth-order valence-corrected chi connectivity index (χ4v) is 5.67. The summed E-state index contributed by atoms with van der Waals surface area (Å²) in [6.45, 7) is 7.12. The molecule has 0 unspecified atom stereocenters. The van der Waals surface area contributed by atoms with Crippen molar-refractivity contribution in [1.29, 1.82) is 0 Å². The lowest BCUT2D eigenvalue weighted by Gasteiger charge is -2.10. The van der Waals surface area contributed by atoms with E-state index in [-0.39, 0.29) is 0 Å². The van der Waals surface area contributed by atoms with Crippen LogP contribution in [0.15, 0.2) is 101 Å². The van der Waals surface area contributed by atoms with Crippen molar-refractivity contribution in [3.63, 3.8) is 0 Å². The first-order valence-corrected chi connectivity index (χ1v) is 13.0. The van der Waals surface area contributed by atoms with E-state index in [0.717, 1.165) is 62.1 Å². The van der Waals surface area contributed by atoms with Crippen LogP contribution in [0.25, 0.3) is 55.7 Å². The van der Waals surface area contributed by atoms with E-state index in [0.29, 0.717) is 5.71 Å². The number of rotatable bonds is 4. The molecule has 0 atom stereocenters. The molecule has 3 heterocycles. The molecule has 0 radical (unpaired) electrons. The number of benzene rings is 4. The van der Waals surface area contributed by atoms with Crippen molar-refractivity contribution < 1.29 is 4.42 Å². The van der Waals surface area contributed by atoms with Crippen molar-refractivity contribution in [2.24, 2.45) is 0 Å². The van der Waals surface area contributed by atoms with Gasteiger partial charge in [-0.1, -0.05) is 66.7 Å². The molecule has 0 fully saturated rings. The van der Waals surface area contributed by atoms with E-state index >= 15 is 0 Å². The van der Waals surface area contributed by atoms with Gasteiger partial charge in [-0.05, 0) is 73.4 Å². The summed E-state index contributed by atoms with van der Waals surface area (Å²) in [4.78, 5) is 10.1. The highest BCUT2D eigenvalue weighted by Crippen LogP contribution is 2.39. The lowest BCUT2D eigenvalue weighted by molar-refractivity contribution is 0.654. The molecule has 0 aliphatic carbocycles. The summed E-state index contributed by atoms with van der Waals surface area (Å²) in [5, 5.41) is 2.12. The fraction of sp³-hybridized carbons (Fsp3) is 0.118. The normalized spacial score (nSPS) is 11.7. The number of nitrogens with zero attached hydrogens (tertiary/aromatic N) is 3. The quantitative estimate of drug-likeness (QED) is 0.246. The standard InChI is InChI=1S/C34H27N3O/c1-21-10-9-11-22(2)30(21)28-19-18-25-31-23(3)16-17-26(32(31)38-34(25)36-28)33-35-27-14-7-8-15-29(27)37(33)20-24-12-5-4-6-13-24/h4-19H,20H2,1-3H3. The summed E-state index contributed by atoms with van der Waals surface area (Å²) in [5.74, 6) is 0.897. The molecule has 0 aliphatic rings. The van der Waals surface area contributed by atoms with Gasteiger partial charge in [-0.15, -0.1) is 0 Å². The minimum absolute atomic E-state index is 0.654. The van der Waals surface area contributed by atoms with E-state index in [1.165, 1.54) is 16.7 Å². The van der Waals surface area contributed by atoms with Gasteiger partial charge in [0.25, 0.3) is 0 Å². The number of pyridine rings is 1. The molecular weight excluding hydrogens is 466 g/mol. The average Bonchev–Trinajstić information content (AvgIpc) is 3.48. The molecule has 7 rings (SSSR count). The zero-order valence-electron chi connectivity index (χ0n) is 21.7. The second kappa shape index (κ2) is 8.70. The van der Waals surface area contributed by atoms with Gasteiger partial charge in [0.05, 0.1) is 22.3 Å². The third kappa shape index (κ3) is 3.52. The minimum Gasteiger partial charge on any atom is -0.437 e. The number of para-hydroxylation sites is 2. The van der Waals surface area contributed by atoms with Crippen molar-refractivity contribution in [3.05, 3.63) is 119 Å². The van der Waals surface area contributed by atoms with E-state index in [2.05, 4.69) is 110 Å². The van der Waals surface area contributed by atoms with E-state index in [1.807, 2.05) is 12.1 Å². The summed E-state index contributed by atoms with van der Waals surface area (Å²) in [6, 6.07) is 33.8. The maximum Gasteiger partial charge on any atom is 0.227 e. The molecule has 0 saturated carbocycles. The number of hydrogen-bond donors (Lipinski definition) is 0. The Morgan fingerprint density at radius 2 is 1.45 bits per heavy atom. The Labute approximate surface area is 221 Å². The van der Waals surface area contributed by atoms with Crippen LogP contribution in [0.1, 0.15) is 22.3 Å². The zero-order valence-corrected chi connectivity index (χ0v) is 21.7. The highest BCUT2D eigenvalue weighted by molar-refractivity contribution is 6.10. The van der Waals surface area contributed by atoms with Gasteiger partial charge in [0.2, 0.25) is 5.71 Å². The Morgan fingerprint density at radius 3 is 2.26 bits per heavy atom. The van der Waals surface area contributed by atoms with Crippen molar-refractivity contribution in [3.8, 4) is 22.6 Å². The maximum atomic E-state index is 6.60. The average molecular weight is 494 g/mol.